The van der Waals surface area contributed by atoms with Crippen LogP contribution in [0.5, 0.6) is 0 Å². The quantitative estimate of drug-likeness (QED) is 0.508. The number of aliphatic imine (C=N–C) groups is 1. The molecule has 3 N–H and O–H groups in total. The van der Waals surface area contributed by atoms with E-state index in [2.05, 4.69) is 27.9 Å². The van der Waals surface area contributed by atoms with E-state index in [1.165, 1.54) is 25.7 Å². The fraction of sp³-hybridized carbons (Fsp3) is 0.875. The Bertz CT molecular complexity index is 374. The van der Waals surface area contributed by atoms with Gasteiger partial charge in [0.2, 0.25) is 5.91 Å². The van der Waals surface area contributed by atoms with Crippen molar-refractivity contribution in [3.63, 3.8) is 0 Å². The van der Waals surface area contributed by atoms with E-state index in [0.29, 0.717) is 12.6 Å². The van der Waals surface area contributed by atoms with E-state index < -0.39 is 0 Å². The lowest BCUT2D eigenvalue weighted by Gasteiger charge is -2.24. The average Bonchev–Trinajstić information content (AvgIpc) is 3.18. The van der Waals surface area contributed by atoms with E-state index in [4.69, 9.17) is 4.74 Å². The lowest BCUT2D eigenvalue weighted by molar-refractivity contribution is -0.119. The number of rotatable bonds is 6. The first-order valence-electron chi connectivity index (χ1n) is 8.65. The Hall–Kier alpha value is -1.30. The molecule has 6 heteroatoms. The standard InChI is InChI=1S/C16H30N4O2/c1-3-17-15(21)11-18-16(20-13-7-4-5-8-13)19-12(2)14-9-6-10-22-14/h12-14H,3-11H2,1-2H3,(H,17,21)(H2,18,19,20)/t12-,14+/m1/s1. The van der Waals surface area contributed by atoms with Gasteiger partial charge in [0, 0.05) is 19.2 Å². The van der Waals surface area contributed by atoms with Gasteiger partial charge < -0.3 is 20.7 Å². The number of carbonyl (C=O) groups is 1. The number of carbonyl (C=O) groups excluding carboxylic acids is 1. The third-order valence-corrected chi connectivity index (χ3v) is 4.34. The van der Waals surface area contributed by atoms with Gasteiger partial charge in [-0.15, -0.1) is 0 Å². The van der Waals surface area contributed by atoms with Crippen LogP contribution in [-0.2, 0) is 9.53 Å². The van der Waals surface area contributed by atoms with Crippen molar-refractivity contribution in [3.05, 3.63) is 0 Å². The van der Waals surface area contributed by atoms with Crippen LogP contribution in [0, 0.1) is 0 Å². The summed E-state index contributed by atoms with van der Waals surface area (Å²) in [4.78, 5) is 16.1. The first kappa shape index (κ1) is 17.1. The van der Waals surface area contributed by atoms with Gasteiger partial charge in [0.1, 0.15) is 6.54 Å². The zero-order chi connectivity index (χ0) is 15.8. The molecular weight excluding hydrogens is 280 g/mol. The Balaban J connectivity index is 1.90. The van der Waals surface area contributed by atoms with Crippen LogP contribution in [0.15, 0.2) is 4.99 Å². The van der Waals surface area contributed by atoms with Gasteiger partial charge in [0.15, 0.2) is 5.96 Å². The lowest BCUT2D eigenvalue weighted by atomic mass is 10.1. The van der Waals surface area contributed by atoms with E-state index in [0.717, 1.165) is 25.4 Å². The number of ether oxygens (including phenoxy) is 1. The fourth-order valence-corrected chi connectivity index (χ4v) is 3.11. The summed E-state index contributed by atoms with van der Waals surface area (Å²) in [6.45, 7) is 5.68. The number of guanidine groups is 1. The normalized spacial score (nSPS) is 24.3. The van der Waals surface area contributed by atoms with Crippen LogP contribution in [-0.4, -0.2) is 49.8 Å². The molecule has 0 spiro atoms. The van der Waals surface area contributed by atoms with E-state index in [9.17, 15) is 4.79 Å². The number of amides is 1. The molecule has 2 rings (SSSR count). The maximum absolute atomic E-state index is 11.6. The molecule has 0 radical (unpaired) electrons. The van der Waals surface area contributed by atoms with Crippen molar-refractivity contribution in [3.8, 4) is 0 Å². The Morgan fingerprint density at radius 2 is 2.05 bits per heavy atom. The average molecular weight is 310 g/mol. The van der Waals surface area contributed by atoms with Crippen LogP contribution < -0.4 is 16.0 Å². The van der Waals surface area contributed by atoms with Crippen molar-refractivity contribution >= 4 is 11.9 Å². The molecule has 2 atom stereocenters. The molecule has 1 heterocycles. The molecule has 0 aromatic rings. The third kappa shape index (κ3) is 5.48. The van der Waals surface area contributed by atoms with Gasteiger partial charge in [-0.05, 0) is 39.5 Å². The smallest absolute Gasteiger partial charge is 0.241 e. The molecule has 1 saturated carbocycles. The van der Waals surface area contributed by atoms with E-state index in [1.807, 2.05) is 6.92 Å². The van der Waals surface area contributed by atoms with Crippen molar-refractivity contribution in [1.82, 2.24) is 16.0 Å². The second-order valence-electron chi connectivity index (χ2n) is 6.23. The Morgan fingerprint density at radius 1 is 1.27 bits per heavy atom. The molecule has 0 aromatic carbocycles. The zero-order valence-electron chi connectivity index (χ0n) is 13.9. The van der Waals surface area contributed by atoms with Crippen LogP contribution in [0.25, 0.3) is 0 Å². The molecule has 0 aromatic heterocycles. The third-order valence-electron chi connectivity index (χ3n) is 4.34. The van der Waals surface area contributed by atoms with Crippen LogP contribution in [0.2, 0.25) is 0 Å². The predicted octanol–water partition coefficient (Wildman–Crippen LogP) is 1.17. The summed E-state index contributed by atoms with van der Waals surface area (Å²) in [7, 11) is 0. The van der Waals surface area contributed by atoms with E-state index in [1.54, 1.807) is 0 Å². The highest BCUT2D eigenvalue weighted by Gasteiger charge is 2.24. The maximum Gasteiger partial charge on any atom is 0.241 e. The minimum absolute atomic E-state index is 0.0419. The summed E-state index contributed by atoms with van der Waals surface area (Å²) in [5, 5.41) is 9.66. The highest BCUT2D eigenvalue weighted by molar-refractivity contribution is 5.85. The minimum Gasteiger partial charge on any atom is -0.376 e. The second-order valence-corrected chi connectivity index (χ2v) is 6.23. The lowest BCUT2D eigenvalue weighted by Crippen LogP contribution is -2.49. The van der Waals surface area contributed by atoms with E-state index >= 15 is 0 Å². The SMILES string of the molecule is CCNC(=O)CN=C(NC1CCCC1)N[C@H](C)[C@@H]1CCCO1. The number of hydrogen-bond donors (Lipinski definition) is 3. The minimum atomic E-state index is -0.0419. The van der Waals surface area contributed by atoms with Gasteiger partial charge in [0.05, 0.1) is 12.1 Å². The van der Waals surface area contributed by atoms with E-state index in [-0.39, 0.29) is 24.6 Å². The topological polar surface area (TPSA) is 74.8 Å². The predicted molar refractivity (Wildman–Crippen MR) is 87.9 cm³/mol. The summed E-state index contributed by atoms with van der Waals surface area (Å²) in [6.07, 6.45) is 7.33. The van der Waals surface area contributed by atoms with Crippen molar-refractivity contribution in [2.24, 2.45) is 4.99 Å². The van der Waals surface area contributed by atoms with Gasteiger partial charge in [-0.25, -0.2) is 4.99 Å². The molecule has 126 valence electrons. The number of hydrogen-bond acceptors (Lipinski definition) is 3. The molecule has 1 saturated heterocycles. The van der Waals surface area contributed by atoms with Crippen molar-refractivity contribution < 1.29 is 9.53 Å². The van der Waals surface area contributed by atoms with Crippen molar-refractivity contribution in [2.75, 3.05) is 19.7 Å². The van der Waals surface area contributed by atoms with Gasteiger partial charge in [-0.1, -0.05) is 12.8 Å². The van der Waals surface area contributed by atoms with Crippen molar-refractivity contribution in [2.45, 2.75) is 70.6 Å². The fourth-order valence-electron chi connectivity index (χ4n) is 3.11. The van der Waals surface area contributed by atoms with Crippen LogP contribution >= 0.6 is 0 Å². The maximum atomic E-state index is 11.6. The Kier molecular flexibility index (Phi) is 6.96. The Morgan fingerprint density at radius 3 is 2.68 bits per heavy atom. The number of nitrogens with zero attached hydrogens (tertiary/aromatic N) is 1. The molecule has 2 aliphatic rings. The highest BCUT2D eigenvalue weighted by atomic mass is 16.5. The van der Waals surface area contributed by atoms with Gasteiger partial charge in [0.25, 0.3) is 0 Å². The molecule has 1 aliphatic carbocycles. The molecular formula is C16H30N4O2. The van der Waals surface area contributed by atoms with Gasteiger partial charge in [-0.3, -0.25) is 4.79 Å². The number of likely N-dealkylation sites (N-methyl/N-ethyl adjacent to an activating group) is 1. The monoisotopic (exact) mass is 310 g/mol. The molecule has 6 nitrogen and oxygen atoms in total. The summed E-state index contributed by atoms with van der Waals surface area (Å²) < 4.78 is 5.73. The summed E-state index contributed by atoms with van der Waals surface area (Å²) in [5.74, 6) is 0.695. The largest absolute Gasteiger partial charge is 0.376 e. The first-order chi connectivity index (χ1) is 10.7. The number of nitrogens with one attached hydrogen (secondary N) is 3. The van der Waals surface area contributed by atoms with Crippen LogP contribution in [0.1, 0.15) is 52.4 Å². The molecule has 1 aliphatic heterocycles. The second kappa shape index (κ2) is 8.98. The summed E-state index contributed by atoms with van der Waals surface area (Å²) in [5.41, 5.74) is 0. The van der Waals surface area contributed by atoms with Crippen LogP contribution in [0.4, 0.5) is 0 Å². The molecule has 0 unspecified atom stereocenters. The van der Waals surface area contributed by atoms with Crippen molar-refractivity contribution in [1.29, 1.82) is 0 Å². The zero-order valence-corrected chi connectivity index (χ0v) is 13.9. The summed E-state index contributed by atoms with van der Waals surface area (Å²) >= 11 is 0. The van der Waals surface area contributed by atoms with Gasteiger partial charge in [-0.2, -0.15) is 0 Å². The molecule has 1 amide bonds. The molecule has 22 heavy (non-hydrogen) atoms. The summed E-state index contributed by atoms with van der Waals surface area (Å²) in [6, 6.07) is 0.668. The first-order valence-corrected chi connectivity index (χ1v) is 8.65. The Labute approximate surface area is 133 Å². The highest BCUT2D eigenvalue weighted by Crippen LogP contribution is 2.18. The molecule has 2 fully saturated rings. The van der Waals surface area contributed by atoms with Gasteiger partial charge >= 0.3 is 0 Å². The van der Waals surface area contributed by atoms with Crippen LogP contribution in [0.3, 0.4) is 0 Å². The molecule has 0 bridgehead atoms.